The van der Waals surface area contributed by atoms with E-state index in [0.29, 0.717) is 0 Å². The molecule has 60 heavy (non-hydrogen) atoms. The van der Waals surface area contributed by atoms with E-state index >= 15 is 0 Å². The van der Waals surface area contributed by atoms with Gasteiger partial charge in [-0.2, -0.15) is 0 Å². The number of hydrogen-bond donors (Lipinski definition) is 0. The standard InChI is InChI=1S/C56H44N2O2/c1-33-7-15-43(16-8-33)57(51-21-11-35(3)23-37(51)5)45-19-13-39-27-47-49-31-50-48-28-40-14-20-46(58(44-17-9-34(2)10-18-44)52-22-12-36(4)24-38(52)6)26-42(40)30-54(48)60-56(50)32-55(49)59-53(47)29-41(39)25-45/h7-32H,1-6H3. The molecule has 0 radical (unpaired) electrons. The molecule has 0 atom stereocenters. The molecule has 0 aliphatic carbocycles. The Morgan fingerprint density at radius 3 is 1.07 bits per heavy atom. The molecule has 0 spiro atoms. The zero-order chi connectivity index (χ0) is 40.8. The Labute approximate surface area is 349 Å². The molecule has 11 aromatic rings. The number of rotatable bonds is 6. The molecule has 0 saturated heterocycles. The van der Waals surface area contributed by atoms with Gasteiger partial charge in [0.15, 0.2) is 0 Å². The summed E-state index contributed by atoms with van der Waals surface area (Å²) in [7, 11) is 0. The van der Waals surface area contributed by atoms with Gasteiger partial charge >= 0.3 is 0 Å². The van der Waals surface area contributed by atoms with Crippen molar-refractivity contribution in [3.05, 3.63) is 191 Å². The quantitative estimate of drug-likeness (QED) is 0.168. The molecular formula is C56H44N2O2. The van der Waals surface area contributed by atoms with Crippen LogP contribution in [0.15, 0.2) is 167 Å². The molecule has 0 aliphatic rings. The van der Waals surface area contributed by atoms with E-state index in [1.165, 1.54) is 33.4 Å². The Morgan fingerprint density at radius 1 is 0.283 bits per heavy atom. The van der Waals surface area contributed by atoms with Crippen LogP contribution in [-0.2, 0) is 0 Å². The third-order valence-corrected chi connectivity index (χ3v) is 12.2. The lowest BCUT2D eigenvalue weighted by Gasteiger charge is -2.27. The second kappa shape index (κ2) is 13.6. The van der Waals surface area contributed by atoms with Crippen LogP contribution in [0.2, 0.25) is 0 Å². The Kier molecular flexibility index (Phi) is 8.15. The van der Waals surface area contributed by atoms with Crippen LogP contribution in [0.25, 0.3) is 65.4 Å². The van der Waals surface area contributed by atoms with Gasteiger partial charge in [-0.15, -0.1) is 0 Å². The number of furan rings is 2. The maximum atomic E-state index is 6.63. The van der Waals surface area contributed by atoms with Crippen LogP contribution < -0.4 is 9.80 Å². The molecule has 11 rings (SSSR count). The van der Waals surface area contributed by atoms with Crippen LogP contribution in [0.4, 0.5) is 34.1 Å². The van der Waals surface area contributed by atoms with Gasteiger partial charge in [0, 0.05) is 61.7 Å². The summed E-state index contributed by atoms with van der Waals surface area (Å²) in [6, 6.07) is 57.6. The van der Waals surface area contributed by atoms with Crippen molar-refractivity contribution in [1.29, 1.82) is 0 Å². The summed E-state index contributed by atoms with van der Waals surface area (Å²) < 4.78 is 13.3. The summed E-state index contributed by atoms with van der Waals surface area (Å²) in [6.45, 7) is 12.9. The minimum atomic E-state index is 0.817. The molecule has 4 heteroatoms. The molecule has 0 amide bonds. The highest BCUT2D eigenvalue weighted by Gasteiger charge is 2.20. The molecule has 0 fully saturated rings. The van der Waals surface area contributed by atoms with Gasteiger partial charge in [0.1, 0.15) is 22.3 Å². The van der Waals surface area contributed by atoms with Crippen LogP contribution in [0.3, 0.4) is 0 Å². The van der Waals surface area contributed by atoms with E-state index in [-0.39, 0.29) is 0 Å². The first-order valence-corrected chi connectivity index (χ1v) is 20.7. The van der Waals surface area contributed by atoms with Gasteiger partial charge in [-0.1, -0.05) is 82.9 Å². The molecule has 0 bridgehead atoms. The highest BCUT2D eigenvalue weighted by Crippen LogP contribution is 2.43. The first kappa shape index (κ1) is 35.8. The molecule has 0 unspecified atom stereocenters. The van der Waals surface area contributed by atoms with Crippen molar-refractivity contribution < 1.29 is 8.83 Å². The van der Waals surface area contributed by atoms with E-state index in [2.05, 4.69) is 209 Å². The van der Waals surface area contributed by atoms with Gasteiger partial charge in [-0.25, -0.2) is 0 Å². The summed E-state index contributed by atoms with van der Waals surface area (Å²) >= 11 is 0. The third-order valence-electron chi connectivity index (χ3n) is 12.2. The molecule has 2 aromatic heterocycles. The topological polar surface area (TPSA) is 32.8 Å². The lowest BCUT2D eigenvalue weighted by Crippen LogP contribution is -2.11. The average molecular weight is 777 g/mol. The third kappa shape index (κ3) is 5.98. The normalized spacial score (nSPS) is 11.8. The summed E-state index contributed by atoms with van der Waals surface area (Å²) in [4.78, 5) is 4.71. The second-order valence-corrected chi connectivity index (χ2v) is 16.7. The van der Waals surface area contributed by atoms with Gasteiger partial charge in [0.05, 0.1) is 0 Å². The van der Waals surface area contributed by atoms with Crippen LogP contribution in [-0.4, -0.2) is 0 Å². The number of hydrogen-bond acceptors (Lipinski definition) is 4. The zero-order valence-corrected chi connectivity index (χ0v) is 34.7. The van der Waals surface area contributed by atoms with Crippen molar-refractivity contribution in [2.45, 2.75) is 41.5 Å². The van der Waals surface area contributed by atoms with E-state index in [1.807, 2.05) is 0 Å². The van der Waals surface area contributed by atoms with Gasteiger partial charge in [-0.3, -0.25) is 0 Å². The van der Waals surface area contributed by atoms with Crippen LogP contribution >= 0.6 is 0 Å². The highest BCUT2D eigenvalue weighted by atomic mass is 16.3. The number of nitrogens with zero attached hydrogens (tertiary/aromatic N) is 2. The van der Waals surface area contributed by atoms with E-state index < -0.39 is 0 Å². The monoisotopic (exact) mass is 776 g/mol. The van der Waals surface area contributed by atoms with Crippen molar-refractivity contribution in [3.8, 4) is 0 Å². The van der Waals surface area contributed by atoms with Gasteiger partial charge in [0.25, 0.3) is 0 Å². The summed E-state index contributed by atoms with van der Waals surface area (Å²) in [6.07, 6.45) is 0. The fourth-order valence-corrected chi connectivity index (χ4v) is 9.14. The van der Waals surface area contributed by atoms with Crippen molar-refractivity contribution >= 4 is 99.5 Å². The molecule has 9 aromatic carbocycles. The maximum Gasteiger partial charge on any atom is 0.139 e. The first-order valence-electron chi connectivity index (χ1n) is 20.7. The molecular weight excluding hydrogens is 733 g/mol. The molecule has 2 heterocycles. The summed E-state index contributed by atoms with van der Waals surface area (Å²) in [5.74, 6) is 0. The van der Waals surface area contributed by atoms with Crippen molar-refractivity contribution in [3.63, 3.8) is 0 Å². The Bertz CT molecular complexity index is 3270. The predicted molar refractivity (Wildman–Crippen MR) is 254 cm³/mol. The van der Waals surface area contributed by atoms with Gasteiger partial charge in [-0.05, 0) is 165 Å². The number of aryl methyl sites for hydroxylation is 6. The predicted octanol–water partition coefficient (Wildman–Crippen LogP) is 16.6. The van der Waals surface area contributed by atoms with Crippen LogP contribution in [0.5, 0.6) is 0 Å². The van der Waals surface area contributed by atoms with Crippen molar-refractivity contribution in [2.24, 2.45) is 0 Å². The number of benzene rings is 9. The Morgan fingerprint density at radius 2 is 0.650 bits per heavy atom. The second-order valence-electron chi connectivity index (χ2n) is 16.7. The smallest absolute Gasteiger partial charge is 0.139 e. The van der Waals surface area contributed by atoms with E-state index in [9.17, 15) is 0 Å². The molecule has 0 saturated carbocycles. The molecule has 4 nitrogen and oxygen atoms in total. The van der Waals surface area contributed by atoms with Crippen molar-refractivity contribution in [1.82, 2.24) is 0 Å². The van der Waals surface area contributed by atoms with Crippen molar-refractivity contribution in [2.75, 3.05) is 9.80 Å². The van der Waals surface area contributed by atoms with Crippen LogP contribution in [0, 0.1) is 41.5 Å². The minimum absolute atomic E-state index is 0.817. The summed E-state index contributed by atoms with van der Waals surface area (Å²) in [5, 5.41) is 8.94. The lowest BCUT2D eigenvalue weighted by molar-refractivity contribution is 0.656. The van der Waals surface area contributed by atoms with Crippen LogP contribution in [0.1, 0.15) is 33.4 Å². The SMILES string of the molecule is Cc1ccc(N(c2ccc3cc4c(cc3c2)oc2cc3oc5cc6cc(N(c7ccc(C)cc7)c7ccc(C)cc7C)ccc6cc5c3cc24)c2ccc(C)cc2C)cc1. The zero-order valence-electron chi connectivity index (χ0n) is 34.7. The van der Waals surface area contributed by atoms with E-state index in [1.54, 1.807) is 0 Å². The minimum Gasteiger partial charge on any atom is -0.456 e. The fraction of sp³-hybridized carbons (Fsp3) is 0.107. The number of fused-ring (bicyclic) bond motifs is 8. The highest BCUT2D eigenvalue weighted by molar-refractivity contribution is 6.18. The van der Waals surface area contributed by atoms with Gasteiger partial charge < -0.3 is 18.6 Å². The lowest BCUT2D eigenvalue weighted by atomic mass is 10.0. The van der Waals surface area contributed by atoms with Gasteiger partial charge in [0.2, 0.25) is 0 Å². The Hall–Kier alpha value is -7.30. The molecule has 0 aliphatic heterocycles. The Balaban J connectivity index is 1.01. The molecule has 290 valence electrons. The first-order chi connectivity index (χ1) is 29.1. The average Bonchev–Trinajstić information content (AvgIpc) is 3.76. The number of anilines is 6. The largest absolute Gasteiger partial charge is 0.456 e. The van der Waals surface area contributed by atoms with E-state index in [4.69, 9.17) is 8.83 Å². The maximum absolute atomic E-state index is 6.63. The summed E-state index contributed by atoms with van der Waals surface area (Å²) in [5.41, 5.74) is 17.6. The van der Waals surface area contributed by atoms with E-state index in [0.717, 1.165) is 99.5 Å². The fourth-order valence-electron chi connectivity index (χ4n) is 9.14. The molecule has 0 N–H and O–H groups in total.